The summed E-state index contributed by atoms with van der Waals surface area (Å²) in [5, 5.41) is 7.44. The van der Waals surface area contributed by atoms with Crippen LogP contribution in [0.25, 0.3) is 0 Å². The van der Waals surface area contributed by atoms with Crippen LogP contribution in [0.4, 0.5) is 0 Å². The number of benzene rings is 1. The highest BCUT2D eigenvalue weighted by atomic mass is 16.5. The van der Waals surface area contributed by atoms with Crippen molar-refractivity contribution >= 4 is 5.84 Å². The highest BCUT2D eigenvalue weighted by Crippen LogP contribution is 2.31. The summed E-state index contributed by atoms with van der Waals surface area (Å²) in [6, 6.07) is 5.41. The topological polar surface area (TPSA) is 68.3 Å². The van der Waals surface area contributed by atoms with Crippen LogP contribution in [0, 0.1) is 5.41 Å². The van der Waals surface area contributed by atoms with Gasteiger partial charge >= 0.3 is 0 Å². The number of nitrogens with one attached hydrogen (secondary N) is 1. The van der Waals surface area contributed by atoms with Crippen LogP contribution in [0.15, 0.2) is 18.2 Å². The second kappa shape index (κ2) is 6.45. The molecule has 3 N–H and O–H groups in total. The maximum Gasteiger partial charge on any atom is 0.161 e. The molecule has 0 atom stereocenters. The fourth-order valence-corrected chi connectivity index (χ4v) is 2.47. The third kappa shape index (κ3) is 3.63. The van der Waals surface area contributed by atoms with Crippen LogP contribution in [0.3, 0.4) is 0 Å². The van der Waals surface area contributed by atoms with E-state index >= 15 is 0 Å². The molecule has 4 nitrogen and oxygen atoms in total. The van der Waals surface area contributed by atoms with Gasteiger partial charge in [0, 0.05) is 5.56 Å². The average Bonchev–Trinajstić information content (AvgIpc) is 2.67. The van der Waals surface area contributed by atoms with E-state index in [1.807, 2.05) is 6.07 Å². The SMILES string of the molecule is COc1cc(C(=N)N)ccc1OC1CCCCCC1. The number of hydrogen-bond donors (Lipinski definition) is 2. The van der Waals surface area contributed by atoms with Crippen molar-refractivity contribution in [2.45, 2.75) is 44.6 Å². The Bertz CT molecular complexity index is 438. The molecule has 4 heteroatoms. The summed E-state index contributed by atoms with van der Waals surface area (Å²) in [7, 11) is 1.61. The van der Waals surface area contributed by atoms with Crippen LogP contribution < -0.4 is 15.2 Å². The Morgan fingerprint density at radius 3 is 2.42 bits per heavy atom. The van der Waals surface area contributed by atoms with Gasteiger partial charge in [0.2, 0.25) is 0 Å². The van der Waals surface area contributed by atoms with Crippen molar-refractivity contribution in [3.05, 3.63) is 23.8 Å². The van der Waals surface area contributed by atoms with Crippen molar-refractivity contribution in [2.24, 2.45) is 5.73 Å². The number of methoxy groups -OCH3 is 1. The zero-order valence-electron chi connectivity index (χ0n) is 11.4. The van der Waals surface area contributed by atoms with Crippen molar-refractivity contribution < 1.29 is 9.47 Å². The van der Waals surface area contributed by atoms with Crippen LogP contribution in [-0.2, 0) is 0 Å². The quantitative estimate of drug-likeness (QED) is 0.498. The predicted octanol–water partition coefficient (Wildman–Crippen LogP) is 3.08. The first-order valence-corrected chi connectivity index (χ1v) is 6.90. The fourth-order valence-electron chi connectivity index (χ4n) is 2.47. The molecule has 19 heavy (non-hydrogen) atoms. The van der Waals surface area contributed by atoms with Gasteiger partial charge in [0.25, 0.3) is 0 Å². The Kier molecular flexibility index (Phi) is 4.66. The van der Waals surface area contributed by atoms with Gasteiger partial charge in [-0.3, -0.25) is 5.41 Å². The summed E-state index contributed by atoms with van der Waals surface area (Å²) < 4.78 is 11.4. The monoisotopic (exact) mass is 262 g/mol. The van der Waals surface area contributed by atoms with E-state index in [-0.39, 0.29) is 11.9 Å². The first-order chi connectivity index (χ1) is 9.20. The summed E-state index contributed by atoms with van der Waals surface area (Å²) in [6.45, 7) is 0. The molecule has 0 aromatic heterocycles. The summed E-state index contributed by atoms with van der Waals surface area (Å²) in [5.41, 5.74) is 6.14. The lowest BCUT2D eigenvalue weighted by Crippen LogP contribution is -2.16. The molecule has 104 valence electrons. The number of amidine groups is 1. The van der Waals surface area contributed by atoms with Crippen LogP contribution in [-0.4, -0.2) is 19.0 Å². The Balaban J connectivity index is 2.12. The lowest BCUT2D eigenvalue weighted by atomic mass is 10.1. The van der Waals surface area contributed by atoms with Gasteiger partial charge in [-0.15, -0.1) is 0 Å². The smallest absolute Gasteiger partial charge is 0.161 e. The zero-order valence-corrected chi connectivity index (χ0v) is 11.4. The molecular weight excluding hydrogens is 240 g/mol. The average molecular weight is 262 g/mol. The van der Waals surface area contributed by atoms with E-state index in [4.69, 9.17) is 20.6 Å². The minimum Gasteiger partial charge on any atom is -0.493 e. The molecule has 1 aromatic carbocycles. The van der Waals surface area contributed by atoms with E-state index in [1.165, 1.54) is 25.7 Å². The van der Waals surface area contributed by atoms with E-state index < -0.39 is 0 Å². The molecule has 1 aliphatic rings. The molecular formula is C15H22N2O2. The highest BCUT2D eigenvalue weighted by Gasteiger charge is 2.16. The van der Waals surface area contributed by atoms with Crippen LogP contribution in [0.1, 0.15) is 44.1 Å². The van der Waals surface area contributed by atoms with Crippen LogP contribution in [0.5, 0.6) is 11.5 Å². The maximum absolute atomic E-state index is 7.44. The molecule has 2 rings (SSSR count). The van der Waals surface area contributed by atoms with E-state index in [0.29, 0.717) is 11.3 Å². The lowest BCUT2D eigenvalue weighted by molar-refractivity contribution is 0.176. The minimum atomic E-state index is 0.0410. The Hall–Kier alpha value is -1.71. The third-order valence-corrected chi connectivity index (χ3v) is 3.57. The summed E-state index contributed by atoms with van der Waals surface area (Å²) in [6.07, 6.45) is 7.58. The van der Waals surface area contributed by atoms with Gasteiger partial charge in [-0.2, -0.15) is 0 Å². The number of ether oxygens (including phenoxy) is 2. The molecule has 0 amide bonds. The van der Waals surface area contributed by atoms with Gasteiger partial charge in [-0.05, 0) is 43.9 Å². The molecule has 0 spiro atoms. The van der Waals surface area contributed by atoms with E-state index in [1.54, 1.807) is 19.2 Å². The lowest BCUT2D eigenvalue weighted by Gasteiger charge is -2.19. The van der Waals surface area contributed by atoms with Crippen molar-refractivity contribution in [1.82, 2.24) is 0 Å². The minimum absolute atomic E-state index is 0.0410. The molecule has 1 saturated carbocycles. The number of nitrogen functional groups attached to an aromatic ring is 1. The first kappa shape index (κ1) is 13.7. The molecule has 1 aliphatic carbocycles. The first-order valence-electron chi connectivity index (χ1n) is 6.90. The Labute approximate surface area is 114 Å². The van der Waals surface area contributed by atoms with Crippen LogP contribution in [0.2, 0.25) is 0 Å². The van der Waals surface area contributed by atoms with Crippen molar-refractivity contribution in [3.8, 4) is 11.5 Å². The molecule has 0 unspecified atom stereocenters. The van der Waals surface area contributed by atoms with Gasteiger partial charge in [0.05, 0.1) is 13.2 Å². The molecule has 0 heterocycles. The van der Waals surface area contributed by atoms with Gasteiger partial charge in [0.1, 0.15) is 5.84 Å². The Morgan fingerprint density at radius 1 is 1.16 bits per heavy atom. The van der Waals surface area contributed by atoms with Gasteiger partial charge in [-0.25, -0.2) is 0 Å². The summed E-state index contributed by atoms with van der Waals surface area (Å²) in [5.74, 6) is 1.44. The van der Waals surface area contributed by atoms with Crippen molar-refractivity contribution in [3.63, 3.8) is 0 Å². The maximum atomic E-state index is 7.44. The second-order valence-electron chi connectivity index (χ2n) is 5.01. The molecule has 0 bridgehead atoms. The molecule has 1 fully saturated rings. The number of hydrogen-bond acceptors (Lipinski definition) is 3. The van der Waals surface area contributed by atoms with Crippen molar-refractivity contribution in [2.75, 3.05) is 7.11 Å². The summed E-state index contributed by atoms with van der Waals surface area (Å²) in [4.78, 5) is 0. The number of nitrogens with two attached hydrogens (primary N) is 1. The van der Waals surface area contributed by atoms with Crippen molar-refractivity contribution in [1.29, 1.82) is 5.41 Å². The highest BCUT2D eigenvalue weighted by molar-refractivity contribution is 5.95. The molecule has 0 saturated heterocycles. The normalized spacial score (nSPS) is 16.7. The molecule has 1 aromatic rings. The van der Waals surface area contributed by atoms with Gasteiger partial charge in [0.15, 0.2) is 11.5 Å². The van der Waals surface area contributed by atoms with Crippen LogP contribution >= 0.6 is 0 Å². The predicted molar refractivity (Wildman–Crippen MR) is 76.1 cm³/mol. The van der Waals surface area contributed by atoms with E-state index in [2.05, 4.69) is 0 Å². The Morgan fingerprint density at radius 2 is 1.84 bits per heavy atom. The fraction of sp³-hybridized carbons (Fsp3) is 0.533. The van der Waals surface area contributed by atoms with Gasteiger partial charge in [-0.1, -0.05) is 12.8 Å². The molecule has 0 radical (unpaired) electrons. The zero-order chi connectivity index (χ0) is 13.7. The largest absolute Gasteiger partial charge is 0.493 e. The standard InChI is InChI=1S/C15H22N2O2/c1-18-14-10-11(15(16)17)8-9-13(14)19-12-6-4-2-3-5-7-12/h8-10,12H,2-7H2,1H3,(H3,16,17). The van der Waals surface area contributed by atoms with E-state index in [9.17, 15) is 0 Å². The summed E-state index contributed by atoms with van der Waals surface area (Å²) >= 11 is 0. The third-order valence-electron chi connectivity index (χ3n) is 3.57. The van der Waals surface area contributed by atoms with Gasteiger partial charge < -0.3 is 15.2 Å². The van der Waals surface area contributed by atoms with E-state index in [0.717, 1.165) is 18.6 Å². The second-order valence-corrected chi connectivity index (χ2v) is 5.01. The number of rotatable bonds is 4. The molecule has 0 aliphatic heterocycles.